The highest BCUT2D eigenvalue weighted by atomic mass is 32.2. The third-order valence-electron chi connectivity index (χ3n) is 8.47. The number of ether oxygens (including phenoxy) is 2. The second-order valence-electron chi connectivity index (χ2n) is 11.1. The standard InChI is InChI=1S/C29H27F3N6O5S/c1-15-26(16(2)34-33-15)44(40,41)38-20-7-9-21(38)25-22(12-20)37(35-27(25)29(30,31)32)19-6-4-5-17(11-19)28(39)36(3)18-8-10-23-24(13-18)43-14-42-23/h4-6,8,10-11,13,20-21H,7,9,12,14H2,1-3H3,(H,33,34)/t20-,21+/m1/s1. The van der Waals surface area contributed by atoms with Crippen LogP contribution in [0.4, 0.5) is 18.9 Å². The fourth-order valence-corrected chi connectivity index (χ4v) is 8.73. The van der Waals surface area contributed by atoms with E-state index in [1.807, 2.05) is 0 Å². The van der Waals surface area contributed by atoms with Crippen molar-refractivity contribution in [3.05, 3.63) is 76.4 Å². The quantitative estimate of drug-likeness (QED) is 0.340. The fraction of sp³-hybridized carbons (Fsp3) is 0.345. The van der Waals surface area contributed by atoms with Crippen LogP contribution in [0.25, 0.3) is 5.69 Å². The molecule has 230 valence electrons. The number of nitrogens with one attached hydrogen (secondary N) is 1. The number of aromatic amines is 1. The molecule has 4 aromatic rings. The van der Waals surface area contributed by atoms with Crippen LogP contribution < -0.4 is 14.4 Å². The summed E-state index contributed by atoms with van der Waals surface area (Å²) in [6.07, 6.45) is -4.20. The molecule has 15 heteroatoms. The molecule has 3 aliphatic heterocycles. The SMILES string of the molecule is Cc1n[nH]c(C)c1S(=O)(=O)N1[C@@H]2CC[C@H]1c1c(C(F)(F)F)nn(-c3cccc(C(=O)N(C)c4ccc5c(c4)OCO5)c3)c1C2. The lowest BCUT2D eigenvalue weighted by Gasteiger charge is -2.34. The van der Waals surface area contributed by atoms with Gasteiger partial charge in [-0.15, -0.1) is 0 Å². The van der Waals surface area contributed by atoms with Gasteiger partial charge in [0.2, 0.25) is 16.8 Å². The molecule has 0 aliphatic carbocycles. The minimum atomic E-state index is -4.84. The monoisotopic (exact) mass is 628 g/mol. The summed E-state index contributed by atoms with van der Waals surface area (Å²) in [6, 6.07) is 9.68. The number of H-pyrrole nitrogens is 1. The Morgan fingerprint density at radius 1 is 1.09 bits per heavy atom. The molecule has 7 rings (SSSR count). The zero-order valence-corrected chi connectivity index (χ0v) is 24.7. The number of hydrogen-bond donors (Lipinski definition) is 1. The van der Waals surface area contributed by atoms with Crippen LogP contribution in [0.2, 0.25) is 0 Å². The lowest BCUT2D eigenvalue weighted by atomic mass is 9.99. The van der Waals surface area contributed by atoms with Crippen molar-refractivity contribution in [2.75, 3.05) is 18.7 Å². The summed E-state index contributed by atoms with van der Waals surface area (Å²) < 4.78 is 84.4. The van der Waals surface area contributed by atoms with Gasteiger partial charge in [0.15, 0.2) is 17.2 Å². The van der Waals surface area contributed by atoms with Crippen LogP contribution in [0.15, 0.2) is 47.4 Å². The van der Waals surface area contributed by atoms with Crippen molar-refractivity contribution < 1.29 is 35.9 Å². The van der Waals surface area contributed by atoms with Gasteiger partial charge in [-0.3, -0.25) is 9.89 Å². The van der Waals surface area contributed by atoms with Crippen LogP contribution in [-0.2, 0) is 22.6 Å². The van der Waals surface area contributed by atoms with Gasteiger partial charge in [0.05, 0.1) is 28.8 Å². The number of sulfonamides is 1. The number of alkyl halides is 3. The number of carbonyl (C=O) groups excluding carboxylic acids is 1. The van der Waals surface area contributed by atoms with Gasteiger partial charge in [-0.2, -0.15) is 27.7 Å². The number of fused-ring (bicyclic) bond motifs is 5. The molecule has 1 amide bonds. The lowest BCUT2D eigenvalue weighted by molar-refractivity contribution is -0.142. The topological polar surface area (TPSA) is 123 Å². The predicted octanol–water partition coefficient (Wildman–Crippen LogP) is 4.69. The number of aromatic nitrogens is 4. The number of aryl methyl sites for hydroxylation is 2. The largest absolute Gasteiger partial charge is 0.454 e. The van der Waals surface area contributed by atoms with Gasteiger partial charge in [-0.25, -0.2) is 13.1 Å². The molecule has 2 bridgehead atoms. The van der Waals surface area contributed by atoms with Crippen LogP contribution in [0.1, 0.15) is 57.6 Å². The molecule has 0 spiro atoms. The molecule has 44 heavy (non-hydrogen) atoms. The smallest absolute Gasteiger partial charge is 0.435 e. The first-order valence-electron chi connectivity index (χ1n) is 13.9. The number of halogens is 3. The normalized spacial score (nSPS) is 19.3. The van der Waals surface area contributed by atoms with Gasteiger partial charge in [-0.05, 0) is 57.0 Å². The van der Waals surface area contributed by atoms with Crippen LogP contribution in [-0.4, -0.2) is 58.5 Å². The van der Waals surface area contributed by atoms with Crippen LogP contribution in [0, 0.1) is 13.8 Å². The maximum Gasteiger partial charge on any atom is 0.435 e. The van der Waals surface area contributed by atoms with Gasteiger partial charge >= 0.3 is 6.18 Å². The molecule has 2 atom stereocenters. The van der Waals surface area contributed by atoms with Crippen molar-refractivity contribution in [2.24, 2.45) is 0 Å². The Morgan fingerprint density at radius 2 is 1.86 bits per heavy atom. The minimum absolute atomic E-state index is 0.0170. The number of rotatable bonds is 5. The molecule has 0 radical (unpaired) electrons. The lowest BCUT2D eigenvalue weighted by Crippen LogP contribution is -2.42. The highest BCUT2D eigenvalue weighted by Crippen LogP contribution is 2.51. The number of amides is 1. The zero-order valence-electron chi connectivity index (χ0n) is 23.8. The third kappa shape index (κ3) is 4.28. The van der Waals surface area contributed by atoms with E-state index in [0.717, 1.165) is 0 Å². The summed E-state index contributed by atoms with van der Waals surface area (Å²) in [5, 5.41) is 10.7. The molecule has 3 aliphatic rings. The molecule has 11 nitrogen and oxygen atoms in total. The van der Waals surface area contributed by atoms with Crippen molar-refractivity contribution >= 4 is 21.6 Å². The van der Waals surface area contributed by atoms with Gasteiger partial charge in [0.25, 0.3) is 5.91 Å². The first kappa shape index (κ1) is 28.4. The molecule has 1 N–H and O–H groups in total. The van der Waals surface area contributed by atoms with Gasteiger partial charge in [-0.1, -0.05) is 6.07 Å². The summed E-state index contributed by atoms with van der Waals surface area (Å²) in [5.74, 6) is 0.671. The van der Waals surface area contributed by atoms with Crippen molar-refractivity contribution in [3.63, 3.8) is 0 Å². The second kappa shape index (κ2) is 9.82. The Morgan fingerprint density at radius 3 is 2.59 bits per heavy atom. The van der Waals surface area contributed by atoms with Crippen molar-refractivity contribution in [1.82, 2.24) is 24.3 Å². The van der Waals surface area contributed by atoms with Gasteiger partial charge in [0.1, 0.15) is 4.90 Å². The summed E-state index contributed by atoms with van der Waals surface area (Å²) in [4.78, 5) is 14.9. The zero-order chi connectivity index (χ0) is 31.1. The van der Waals surface area contributed by atoms with Crippen LogP contribution in [0.3, 0.4) is 0 Å². The predicted molar refractivity (Wildman–Crippen MR) is 150 cm³/mol. The first-order chi connectivity index (χ1) is 20.9. The van der Waals surface area contributed by atoms with Crippen molar-refractivity contribution in [3.8, 4) is 17.2 Å². The minimum Gasteiger partial charge on any atom is -0.454 e. The van der Waals surface area contributed by atoms with E-state index in [0.29, 0.717) is 29.3 Å². The number of nitrogens with zero attached hydrogens (tertiary/aromatic N) is 5. The molecule has 5 heterocycles. The van der Waals surface area contributed by atoms with E-state index in [9.17, 15) is 26.4 Å². The van der Waals surface area contributed by atoms with E-state index in [1.54, 1.807) is 57.3 Å². The van der Waals surface area contributed by atoms with Crippen molar-refractivity contribution in [2.45, 2.75) is 56.3 Å². The molecule has 0 unspecified atom stereocenters. The summed E-state index contributed by atoms with van der Waals surface area (Å²) in [5.41, 5.74) is 0.620. The number of hydrogen-bond acceptors (Lipinski definition) is 7. The Labute approximate surface area is 250 Å². The maximum absolute atomic E-state index is 14.5. The van der Waals surface area contributed by atoms with E-state index < -0.39 is 39.9 Å². The Hall–Kier alpha value is -4.37. The highest BCUT2D eigenvalue weighted by molar-refractivity contribution is 7.89. The number of benzene rings is 2. The van der Waals surface area contributed by atoms with E-state index in [2.05, 4.69) is 15.3 Å². The molecular weight excluding hydrogens is 601 g/mol. The average molecular weight is 629 g/mol. The summed E-state index contributed by atoms with van der Waals surface area (Å²) >= 11 is 0. The van der Waals surface area contributed by atoms with Crippen molar-refractivity contribution in [1.29, 1.82) is 0 Å². The Kier molecular flexibility index (Phi) is 6.34. The first-order valence-corrected chi connectivity index (χ1v) is 15.3. The Balaban J connectivity index is 1.28. The summed E-state index contributed by atoms with van der Waals surface area (Å²) in [6.45, 7) is 3.20. The number of carbonyl (C=O) groups is 1. The van der Waals surface area contributed by atoms with E-state index in [4.69, 9.17) is 9.47 Å². The van der Waals surface area contributed by atoms with E-state index >= 15 is 0 Å². The maximum atomic E-state index is 14.5. The average Bonchev–Trinajstić information content (AvgIpc) is 3.76. The number of anilines is 1. The fourth-order valence-electron chi connectivity index (χ4n) is 6.55. The van der Waals surface area contributed by atoms with E-state index in [1.165, 1.54) is 20.0 Å². The van der Waals surface area contributed by atoms with E-state index in [-0.39, 0.29) is 52.7 Å². The van der Waals surface area contributed by atoms with Crippen LogP contribution in [0.5, 0.6) is 11.5 Å². The Bertz CT molecular complexity index is 1920. The van der Waals surface area contributed by atoms with Crippen LogP contribution >= 0.6 is 0 Å². The molecule has 2 aromatic heterocycles. The molecule has 2 aromatic carbocycles. The third-order valence-corrected chi connectivity index (χ3v) is 10.7. The molecular formula is C29H27F3N6O5S. The molecule has 1 saturated heterocycles. The van der Waals surface area contributed by atoms with Gasteiger partial charge in [0, 0.05) is 42.4 Å². The molecule has 0 saturated carbocycles. The summed E-state index contributed by atoms with van der Waals surface area (Å²) in [7, 11) is -2.58. The molecule has 1 fully saturated rings. The van der Waals surface area contributed by atoms with Gasteiger partial charge < -0.3 is 14.4 Å². The second-order valence-corrected chi connectivity index (χ2v) is 12.9. The highest BCUT2D eigenvalue weighted by Gasteiger charge is 2.53.